The van der Waals surface area contributed by atoms with Gasteiger partial charge in [0.1, 0.15) is 0 Å². The van der Waals surface area contributed by atoms with E-state index in [0.29, 0.717) is 0 Å². The SMILES string of the molecule is CC1CCC2(C1)CC2CBr. The summed E-state index contributed by atoms with van der Waals surface area (Å²) < 4.78 is 0. The van der Waals surface area contributed by atoms with E-state index in [2.05, 4.69) is 22.9 Å². The fourth-order valence-electron chi connectivity index (χ4n) is 2.64. The van der Waals surface area contributed by atoms with Crippen LogP contribution in [0.3, 0.4) is 0 Å². The summed E-state index contributed by atoms with van der Waals surface area (Å²) in [6.07, 6.45) is 6.04. The quantitative estimate of drug-likeness (QED) is 0.574. The van der Waals surface area contributed by atoms with E-state index in [0.717, 1.165) is 17.3 Å². The molecule has 0 nitrogen and oxygen atoms in total. The smallest absolute Gasteiger partial charge is 0.00651 e. The molecule has 1 spiro atoms. The van der Waals surface area contributed by atoms with E-state index in [1.807, 2.05) is 0 Å². The van der Waals surface area contributed by atoms with Gasteiger partial charge >= 0.3 is 0 Å². The lowest BCUT2D eigenvalue weighted by molar-refractivity contribution is 0.465. The molecule has 2 rings (SSSR count). The van der Waals surface area contributed by atoms with Crippen LogP contribution in [-0.2, 0) is 0 Å². The van der Waals surface area contributed by atoms with E-state index in [9.17, 15) is 0 Å². The molecule has 2 saturated carbocycles. The van der Waals surface area contributed by atoms with Crippen molar-refractivity contribution in [1.29, 1.82) is 0 Å². The molecule has 10 heavy (non-hydrogen) atoms. The lowest BCUT2D eigenvalue weighted by Gasteiger charge is -2.05. The van der Waals surface area contributed by atoms with Crippen LogP contribution in [-0.4, -0.2) is 5.33 Å². The zero-order valence-corrected chi connectivity index (χ0v) is 8.15. The van der Waals surface area contributed by atoms with Crippen molar-refractivity contribution in [2.24, 2.45) is 17.3 Å². The largest absolute Gasteiger partial charge is 0.0925 e. The van der Waals surface area contributed by atoms with Crippen LogP contribution in [0.25, 0.3) is 0 Å². The standard InChI is InChI=1S/C9H15Br/c1-7-2-3-9(4-7)5-8(9)6-10/h7-8H,2-6H2,1H3. The summed E-state index contributed by atoms with van der Waals surface area (Å²) >= 11 is 3.58. The van der Waals surface area contributed by atoms with Gasteiger partial charge in [-0.15, -0.1) is 0 Å². The Bertz CT molecular complexity index is 144. The molecule has 3 atom stereocenters. The molecule has 0 N–H and O–H groups in total. The molecule has 0 heterocycles. The molecule has 0 bridgehead atoms. The molecule has 0 saturated heterocycles. The van der Waals surface area contributed by atoms with Gasteiger partial charge in [-0.2, -0.15) is 0 Å². The minimum absolute atomic E-state index is 0.836. The van der Waals surface area contributed by atoms with Gasteiger partial charge in [0.05, 0.1) is 0 Å². The number of halogens is 1. The highest BCUT2D eigenvalue weighted by Crippen LogP contribution is 2.64. The Morgan fingerprint density at radius 2 is 2.30 bits per heavy atom. The summed E-state index contributed by atoms with van der Waals surface area (Å²) in [5.74, 6) is 2.06. The van der Waals surface area contributed by atoms with E-state index in [1.54, 1.807) is 0 Å². The number of hydrogen-bond acceptors (Lipinski definition) is 0. The molecule has 0 aromatic rings. The molecule has 0 aromatic carbocycles. The van der Waals surface area contributed by atoms with Gasteiger partial charge in [0, 0.05) is 5.33 Å². The van der Waals surface area contributed by atoms with Crippen LogP contribution in [0.1, 0.15) is 32.6 Å². The molecule has 2 fully saturated rings. The monoisotopic (exact) mass is 202 g/mol. The van der Waals surface area contributed by atoms with Crippen LogP contribution in [0.15, 0.2) is 0 Å². The Balaban J connectivity index is 1.96. The molecule has 0 aromatic heterocycles. The van der Waals surface area contributed by atoms with Crippen molar-refractivity contribution in [3.8, 4) is 0 Å². The molecular weight excluding hydrogens is 188 g/mol. The first-order valence-electron chi connectivity index (χ1n) is 4.33. The third kappa shape index (κ3) is 0.939. The predicted octanol–water partition coefficient (Wildman–Crippen LogP) is 3.21. The van der Waals surface area contributed by atoms with Crippen LogP contribution in [0.2, 0.25) is 0 Å². The highest BCUT2D eigenvalue weighted by Gasteiger charge is 2.55. The Hall–Kier alpha value is 0.480. The van der Waals surface area contributed by atoms with Crippen molar-refractivity contribution in [2.45, 2.75) is 32.6 Å². The van der Waals surface area contributed by atoms with Gasteiger partial charge in [-0.25, -0.2) is 0 Å². The van der Waals surface area contributed by atoms with Gasteiger partial charge in [0.25, 0.3) is 0 Å². The van der Waals surface area contributed by atoms with Crippen molar-refractivity contribution in [3.63, 3.8) is 0 Å². The molecule has 2 aliphatic carbocycles. The normalized spacial score (nSPS) is 52.2. The van der Waals surface area contributed by atoms with Gasteiger partial charge in [-0.1, -0.05) is 29.3 Å². The highest BCUT2D eigenvalue weighted by atomic mass is 79.9. The molecule has 58 valence electrons. The summed E-state index contributed by atoms with van der Waals surface area (Å²) in [4.78, 5) is 0. The predicted molar refractivity (Wildman–Crippen MR) is 47.3 cm³/mol. The number of hydrogen-bond donors (Lipinski definition) is 0. The Morgan fingerprint density at radius 3 is 2.70 bits per heavy atom. The Morgan fingerprint density at radius 1 is 1.50 bits per heavy atom. The zero-order chi connectivity index (χ0) is 7.19. The summed E-state index contributed by atoms with van der Waals surface area (Å²) in [5.41, 5.74) is 0.836. The molecule has 3 unspecified atom stereocenters. The lowest BCUT2D eigenvalue weighted by Crippen LogP contribution is -1.98. The first kappa shape index (κ1) is 7.15. The molecule has 0 radical (unpaired) electrons. The van der Waals surface area contributed by atoms with Gasteiger partial charge in [-0.3, -0.25) is 0 Å². The molecule has 2 aliphatic rings. The van der Waals surface area contributed by atoms with Crippen molar-refractivity contribution < 1.29 is 0 Å². The number of alkyl halides is 1. The molecule has 0 amide bonds. The average Bonchev–Trinajstić information content (AvgIpc) is 2.46. The minimum atomic E-state index is 0.836. The van der Waals surface area contributed by atoms with Crippen molar-refractivity contribution in [3.05, 3.63) is 0 Å². The van der Waals surface area contributed by atoms with Crippen LogP contribution < -0.4 is 0 Å². The first-order chi connectivity index (χ1) is 4.77. The fourth-order valence-corrected chi connectivity index (χ4v) is 3.55. The van der Waals surface area contributed by atoms with E-state index < -0.39 is 0 Å². The first-order valence-corrected chi connectivity index (χ1v) is 5.45. The second-order valence-electron chi connectivity index (χ2n) is 4.27. The second kappa shape index (κ2) is 2.23. The van der Waals surface area contributed by atoms with Crippen molar-refractivity contribution in [1.82, 2.24) is 0 Å². The van der Waals surface area contributed by atoms with Crippen molar-refractivity contribution in [2.75, 3.05) is 5.33 Å². The van der Waals surface area contributed by atoms with Gasteiger partial charge in [-0.05, 0) is 36.5 Å². The minimum Gasteiger partial charge on any atom is -0.0925 e. The third-order valence-electron chi connectivity index (χ3n) is 3.44. The number of rotatable bonds is 1. The zero-order valence-electron chi connectivity index (χ0n) is 6.57. The van der Waals surface area contributed by atoms with Gasteiger partial charge in [0.2, 0.25) is 0 Å². The molecular formula is C9H15Br. The second-order valence-corrected chi connectivity index (χ2v) is 4.91. The Kier molecular flexibility index (Phi) is 1.59. The van der Waals surface area contributed by atoms with Crippen LogP contribution in [0.4, 0.5) is 0 Å². The van der Waals surface area contributed by atoms with E-state index in [-0.39, 0.29) is 0 Å². The van der Waals surface area contributed by atoms with E-state index in [1.165, 1.54) is 31.0 Å². The third-order valence-corrected chi connectivity index (χ3v) is 4.22. The highest BCUT2D eigenvalue weighted by molar-refractivity contribution is 9.09. The summed E-state index contributed by atoms with van der Waals surface area (Å²) in [6, 6.07) is 0. The van der Waals surface area contributed by atoms with E-state index in [4.69, 9.17) is 0 Å². The summed E-state index contributed by atoms with van der Waals surface area (Å²) in [7, 11) is 0. The maximum Gasteiger partial charge on any atom is 0.00651 e. The molecule has 0 aliphatic heterocycles. The summed E-state index contributed by atoms with van der Waals surface area (Å²) in [5, 5.41) is 1.25. The van der Waals surface area contributed by atoms with Crippen LogP contribution in [0, 0.1) is 17.3 Å². The maximum absolute atomic E-state index is 3.58. The van der Waals surface area contributed by atoms with Crippen molar-refractivity contribution >= 4 is 15.9 Å². The fraction of sp³-hybridized carbons (Fsp3) is 1.00. The molecule has 1 heteroatoms. The lowest BCUT2D eigenvalue weighted by atomic mass is 10.0. The van der Waals surface area contributed by atoms with E-state index >= 15 is 0 Å². The average molecular weight is 203 g/mol. The van der Waals surface area contributed by atoms with Gasteiger partial charge < -0.3 is 0 Å². The van der Waals surface area contributed by atoms with Crippen LogP contribution >= 0.6 is 15.9 Å². The topological polar surface area (TPSA) is 0 Å². The Labute approximate surface area is 71.5 Å². The van der Waals surface area contributed by atoms with Gasteiger partial charge in [0.15, 0.2) is 0 Å². The van der Waals surface area contributed by atoms with Crippen LogP contribution in [0.5, 0.6) is 0 Å². The maximum atomic E-state index is 3.58. The summed E-state index contributed by atoms with van der Waals surface area (Å²) in [6.45, 7) is 2.40.